The molecular formula is C18H21FN2O. The highest BCUT2D eigenvalue weighted by atomic mass is 19.1. The Hall–Kier alpha value is -2.23. The van der Waals surface area contributed by atoms with Crippen molar-refractivity contribution in [3.8, 4) is 0 Å². The van der Waals surface area contributed by atoms with Crippen LogP contribution in [0.3, 0.4) is 0 Å². The minimum absolute atomic E-state index is 0.0260. The molecule has 1 aromatic heterocycles. The van der Waals surface area contributed by atoms with Crippen molar-refractivity contribution >= 4 is 5.91 Å². The van der Waals surface area contributed by atoms with Crippen molar-refractivity contribution in [1.82, 2.24) is 10.3 Å². The molecule has 0 bridgehead atoms. The molecule has 0 spiro atoms. The molecule has 2 rings (SSSR count). The molecule has 3 nitrogen and oxygen atoms in total. The van der Waals surface area contributed by atoms with Gasteiger partial charge in [-0.1, -0.05) is 32.0 Å². The first-order chi connectivity index (χ1) is 10.6. The predicted octanol–water partition coefficient (Wildman–Crippen LogP) is 3.51. The van der Waals surface area contributed by atoms with Gasteiger partial charge in [0, 0.05) is 30.8 Å². The van der Waals surface area contributed by atoms with Crippen LogP contribution in [0.2, 0.25) is 0 Å². The van der Waals surface area contributed by atoms with Crippen molar-refractivity contribution in [2.45, 2.75) is 26.2 Å². The Kier molecular flexibility index (Phi) is 5.64. The van der Waals surface area contributed by atoms with Crippen LogP contribution in [0.4, 0.5) is 4.39 Å². The molecule has 0 aliphatic heterocycles. The van der Waals surface area contributed by atoms with E-state index in [-0.39, 0.29) is 17.6 Å². The summed E-state index contributed by atoms with van der Waals surface area (Å²) in [6.07, 6.45) is 2.22. The standard InChI is InChI=1S/C18H21FN2O/c1-13(2)11-18(22)21-12-16(17-5-3-4-10-20-17)14-6-8-15(19)9-7-14/h3-10,13,16H,11-12H2,1-2H3,(H,21,22). The van der Waals surface area contributed by atoms with Crippen LogP contribution in [0.5, 0.6) is 0 Å². The first kappa shape index (κ1) is 16.1. The van der Waals surface area contributed by atoms with Crippen LogP contribution in [0.15, 0.2) is 48.7 Å². The minimum atomic E-state index is -0.271. The van der Waals surface area contributed by atoms with Crippen molar-refractivity contribution in [2.75, 3.05) is 6.54 Å². The van der Waals surface area contributed by atoms with Crippen molar-refractivity contribution < 1.29 is 9.18 Å². The van der Waals surface area contributed by atoms with Gasteiger partial charge in [0.2, 0.25) is 5.91 Å². The molecule has 0 saturated carbocycles. The Morgan fingerprint density at radius 1 is 1.18 bits per heavy atom. The van der Waals surface area contributed by atoms with Gasteiger partial charge in [0.1, 0.15) is 5.82 Å². The molecule has 1 amide bonds. The highest BCUT2D eigenvalue weighted by Crippen LogP contribution is 2.22. The van der Waals surface area contributed by atoms with Gasteiger partial charge >= 0.3 is 0 Å². The summed E-state index contributed by atoms with van der Waals surface area (Å²) in [6, 6.07) is 12.0. The van der Waals surface area contributed by atoms with E-state index in [1.165, 1.54) is 12.1 Å². The lowest BCUT2D eigenvalue weighted by molar-refractivity contribution is -0.121. The molecule has 0 aliphatic rings. The average Bonchev–Trinajstić information content (AvgIpc) is 2.49. The van der Waals surface area contributed by atoms with Gasteiger partial charge in [0.25, 0.3) is 0 Å². The zero-order chi connectivity index (χ0) is 15.9. The molecule has 1 atom stereocenters. The third-order valence-electron chi connectivity index (χ3n) is 3.41. The second-order valence-corrected chi connectivity index (χ2v) is 5.76. The van der Waals surface area contributed by atoms with E-state index >= 15 is 0 Å². The van der Waals surface area contributed by atoms with E-state index in [0.717, 1.165) is 11.3 Å². The number of nitrogens with one attached hydrogen (secondary N) is 1. The summed E-state index contributed by atoms with van der Waals surface area (Å²) >= 11 is 0. The number of nitrogens with zero attached hydrogens (tertiary/aromatic N) is 1. The molecule has 1 N–H and O–H groups in total. The van der Waals surface area contributed by atoms with Crippen molar-refractivity contribution in [3.63, 3.8) is 0 Å². The first-order valence-electron chi connectivity index (χ1n) is 7.49. The van der Waals surface area contributed by atoms with E-state index in [9.17, 15) is 9.18 Å². The summed E-state index contributed by atoms with van der Waals surface area (Å²) in [5.74, 6) is -0.0116. The van der Waals surface area contributed by atoms with Gasteiger partial charge in [-0.05, 0) is 35.7 Å². The number of hydrogen-bond acceptors (Lipinski definition) is 2. The van der Waals surface area contributed by atoms with E-state index in [2.05, 4.69) is 10.3 Å². The Labute approximate surface area is 130 Å². The molecule has 22 heavy (non-hydrogen) atoms. The molecule has 4 heteroatoms. The second kappa shape index (κ2) is 7.69. The Bertz CT molecular complexity index is 596. The van der Waals surface area contributed by atoms with Crippen molar-refractivity contribution in [1.29, 1.82) is 0 Å². The number of carbonyl (C=O) groups excluding carboxylic acids is 1. The minimum Gasteiger partial charge on any atom is -0.355 e. The maximum Gasteiger partial charge on any atom is 0.220 e. The summed E-state index contributed by atoms with van der Waals surface area (Å²) in [6.45, 7) is 4.47. The van der Waals surface area contributed by atoms with E-state index in [1.807, 2.05) is 32.0 Å². The largest absolute Gasteiger partial charge is 0.355 e. The van der Waals surface area contributed by atoms with Gasteiger partial charge in [0.05, 0.1) is 0 Å². The van der Waals surface area contributed by atoms with Crippen LogP contribution in [-0.4, -0.2) is 17.4 Å². The lowest BCUT2D eigenvalue weighted by Gasteiger charge is -2.18. The summed E-state index contributed by atoms with van der Waals surface area (Å²) in [5.41, 5.74) is 1.80. The average molecular weight is 300 g/mol. The monoisotopic (exact) mass is 300 g/mol. The highest BCUT2D eigenvalue weighted by Gasteiger charge is 2.17. The zero-order valence-corrected chi connectivity index (χ0v) is 12.9. The Morgan fingerprint density at radius 2 is 1.91 bits per heavy atom. The second-order valence-electron chi connectivity index (χ2n) is 5.76. The summed E-state index contributed by atoms with van der Waals surface area (Å²) < 4.78 is 13.1. The topological polar surface area (TPSA) is 42.0 Å². The molecule has 0 aliphatic carbocycles. The molecule has 116 valence electrons. The van der Waals surface area contributed by atoms with Gasteiger partial charge in [-0.15, -0.1) is 0 Å². The maximum atomic E-state index is 13.1. The predicted molar refractivity (Wildman–Crippen MR) is 84.9 cm³/mol. The smallest absolute Gasteiger partial charge is 0.220 e. The number of hydrogen-bond donors (Lipinski definition) is 1. The van der Waals surface area contributed by atoms with Crippen LogP contribution < -0.4 is 5.32 Å². The molecule has 1 unspecified atom stereocenters. The third-order valence-corrected chi connectivity index (χ3v) is 3.41. The fourth-order valence-electron chi connectivity index (χ4n) is 2.33. The number of aromatic nitrogens is 1. The lowest BCUT2D eigenvalue weighted by atomic mass is 9.95. The molecular weight excluding hydrogens is 279 g/mol. The number of pyridine rings is 1. The highest BCUT2D eigenvalue weighted by molar-refractivity contribution is 5.76. The van der Waals surface area contributed by atoms with Crippen LogP contribution in [0.1, 0.15) is 37.4 Å². The van der Waals surface area contributed by atoms with Gasteiger partial charge in [-0.3, -0.25) is 9.78 Å². The Balaban J connectivity index is 2.16. The molecule has 0 radical (unpaired) electrons. The van der Waals surface area contributed by atoms with E-state index < -0.39 is 0 Å². The summed E-state index contributed by atoms with van der Waals surface area (Å²) in [7, 11) is 0. The number of amides is 1. The van der Waals surface area contributed by atoms with E-state index in [1.54, 1.807) is 18.3 Å². The maximum absolute atomic E-state index is 13.1. The van der Waals surface area contributed by atoms with Gasteiger partial charge in [-0.2, -0.15) is 0 Å². The summed E-state index contributed by atoms with van der Waals surface area (Å²) in [5, 5.41) is 2.95. The third kappa shape index (κ3) is 4.65. The van der Waals surface area contributed by atoms with Crippen LogP contribution in [0, 0.1) is 11.7 Å². The molecule has 0 saturated heterocycles. The Morgan fingerprint density at radius 3 is 2.50 bits per heavy atom. The molecule has 2 aromatic rings. The first-order valence-corrected chi connectivity index (χ1v) is 7.49. The van der Waals surface area contributed by atoms with Crippen LogP contribution >= 0.6 is 0 Å². The summed E-state index contributed by atoms with van der Waals surface area (Å²) in [4.78, 5) is 16.3. The van der Waals surface area contributed by atoms with E-state index in [0.29, 0.717) is 18.9 Å². The molecule has 1 aromatic carbocycles. The lowest BCUT2D eigenvalue weighted by Crippen LogP contribution is -2.30. The van der Waals surface area contributed by atoms with Crippen LogP contribution in [-0.2, 0) is 4.79 Å². The number of carbonyl (C=O) groups is 1. The number of halogens is 1. The van der Waals surface area contributed by atoms with Gasteiger partial charge in [-0.25, -0.2) is 4.39 Å². The van der Waals surface area contributed by atoms with Crippen LogP contribution in [0.25, 0.3) is 0 Å². The quantitative estimate of drug-likeness (QED) is 0.887. The van der Waals surface area contributed by atoms with Crippen molar-refractivity contribution in [2.24, 2.45) is 5.92 Å². The SMILES string of the molecule is CC(C)CC(=O)NCC(c1ccc(F)cc1)c1ccccn1. The number of rotatable bonds is 6. The fourth-order valence-corrected chi connectivity index (χ4v) is 2.33. The number of benzene rings is 1. The molecule has 1 heterocycles. The van der Waals surface area contributed by atoms with Gasteiger partial charge in [0.15, 0.2) is 0 Å². The molecule has 0 fully saturated rings. The normalized spacial score (nSPS) is 12.2. The van der Waals surface area contributed by atoms with Crippen molar-refractivity contribution in [3.05, 3.63) is 65.7 Å². The zero-order valence-electron chi connectivity index (χ0n) is 12.9. The fraction of sp³-hybridized carbons (Fsp3) is 0.333. The van der Waals surface area contributed by atoms with E-state index in [4.69, 9.17) is 0 Å². The van der Waals surface area contributed by atoms with Gasteiger partial charge < -0.3 is 5.32 Å².